The van der Waals surface area contributed by atoms with Gasteiger partial charge in [0.25, 0.3) is 0 Å². The van der Waals surface area contributed by atoms with Crippen LogP contribution in [-0.2, 0) is 14.3 Å². The molecule has 2 aromatic carbocycles. The molecule has 0 saturated carbocycles. The second-order valence-electron chi connectivity index (χ2n) is 6.75. The van der Waals surface area contributed by atoms with Gasteiger partial charge >= 0.3 is 0 Å². The fourth-order valence-corrected chi connectivity index (χ4v) is 3.50. The van der Waals surface area contributed by atoms with Crippen LogP contribution in [0.4, 0.5) is 5.69 Å². The maximum atomic E-state index is 12.9. The van der Waals surface area contributed by atoms with Crippen molar-refractivity contribution in [2.45, 2.75) is 25.3 Å². The van der Waals surface area contributed by atoms with Gasteiger partial charge in [0.2, 0.25) is 11.8 Å². The molecular weight excluding hydrogens is 356 g/mol. The van der Waals surface area contributed by atoms with E-state index in [4.69, 9.17) is 9.47 Å². The molecule has 1 aliphatic heterocycles. The number of carbonyl (C=O) groups excluding carboxylic acids is 2. The highest BCUT2D eigenvalue weighted by molar-refractivity contribution is 6.00. The van der Waals surface area contributed by atoms with Gasteiger partial charge in [-0.05, 0) is 36.6 Å². The summed E-state index contributed by atoms with van der Waals surface area (Å²) in [5.41, 5.74) is 2.64. The third kappa shape index (κ3) is 4.51. The number of nitrogens with one attached hydrogen (secondary N) is 1. The first kappa shape index (κ1) is 19.9. The second kappa shape index (κ2) is 9.37. The Morgan fingerprint density at radius 3 is 2.57 bits per heavy atom. The molecule has 6 nitrogen and oxygen atoms in total. The molecule has 28 heavy (non-hydrogen) atoms. The summed E-state index contributed by atoms with van der Waals surface area (Å²) in [6, 6.07) is 14.9. The minimum Gasteiger partial charge on any atom is -0.497 e. The molecule has 1 aliphatic rings. The number of hydrogen-bond acceptors (Lipinski definition) is 4. The van der Waals surface area contributed by atoms with Crippen molar-refractivity contribution < 1.29 is 19.1 Å². The van der Waals surface area contributed by atoms with Crippen LogP contribution in [0.2, 0.25) is 0 Å². The molecule has 2 aromatic rings. The van der Waals surface area contributed by atoms with Crippen LogP contribution < -0.4 is 10.1 Å². The van der Waals surface area contributed by atoms with Gasteiger partial charge in [-0.3, -0.25) is 9.59 Å². The van der Waals surface area contributed by atoms with E-state index in [2.05, 4.69) is 5.32 Å². The van der Waals surface area contributed by atoms with E-state index >= 15 is 0 Å². The summed E-state index contributed by atoms with van der Waals surface area (Å²) in [6.45, 7) is 0.977. The van der Waals surface area contributed by atoms with E-state index in [0.717, 1.165) is 29.0 Å². The molecule has 0 spiro atoms. The zero-order valence-corrected chi connectivity index (χ0v) is 16.3. The summed E-state index contributed by atoms with van der Waals surface area (Å²) in [4.78, 5) is 27.0. The lowest BCUT2D eigenvalue weighted by atomic mass is 10.0. The van der Waals surface area contributed by atoms with Crippen LogP contribution in [0.5, 0.6) is 5.75 Å². The monoisotopic (exact) mass is 382 g/mol. The predicted octanol–water partition coefficient (Wildman–Crippen LogP) is 3.33. The highest BCUT2D eigenvalue weighted by Crippen LogP contribution is 2.30. The molecule has 0 unspecified atom stereocenters. The molecule has 148 valence electrons. The quantitative estimate of drug-likeness (QED) is 0.798. The number of anilines is 1. The molecule has 3 rings (SSSR count). The lowest BCUT2D eigenvalue weighted by molar-refractivity contribution is -0.137. The van der Waals surface area contributed by atoms with Crippen LogP contribution >= 0.6 is 0 Å². The molecule has 0 bridgehead atoms. The lowest BCUT2D eigenvalue weighted by Gasteiger charge is -2.24. The normalized spacial score (nSPS) is 16.1. The summed E-state index contributed by atoms with van der Waals surface area (Å²) < 4.78 is 10.2. The van der Waals surface area contributed by atoms with E-state index in [1.54, 1.807) is 19.1 Å². The first-order valence-corrected chi connectivity index (χ1v) is 9.46. The fraction of sp³-hybridized carbons (Fsp3) is 0.364. The lowest BCUT2D eigenvalue weighted by Crippen LogP contribution is -2.43. The van der Waals surface area contributed by atoms with Gasteiger partial charge in [0.15, 0.2) is 0 Å². The Kier molecular flexibility index (Phi) is 6.66. The van der Waals surface area contributed by atoms with Crippen molar-refractivity contribution >= 4 is 17.5 Å². The number of benzene rings is 2. The Balaban J connectivity index is 1.76. The molecule has 0 radical (unpaired) electrons. The Morgan fingerprint density at radius 1 is 1.11 bits per heavy atom. The van der Waals surface area contributed by atoms with Crippen LogP contribution in [0.25, 0.3) is 11.1 Å². The van der Waals surface area contributed by atoms with Crippen molar-refractivity contribution in [2.24, 2.45) is 0 Å². The number of ether oxygens (including phenoxy) is 2. The summed E-state index contributed by atoms with van der Waals surface area (Å²) in [7, 11) is 3.20. The molecule has 0 aromatic heterocycles. The first-order chi connectivity index (χ1) is 13.6. The average Bonchev–Trinajstić information content (AvgIpc) is 3.23. The van der Waals surface area contributed by atoms with E-state index in [0.29, 0.717) is 26.0 Å². The van der Waals surface area contributed by atoms with Crippen molar-refractivity contribution in [1.82, 2.24) is 4.90 Å². The Hall–Kier alpha value is -2.86. The van der Waals surface area contributed by atoms with Gasteiger partial charge in [-0.2, -0.15) is 0 Å². The summed E-state index contributed by atoms with van der Waals surface area (Å²) in [5.74, 6) is 0.591. The molecule has 0 aliphatic carbocycles. The van der Waals surface area contributed by atoms with Crippen LogP contribution in [0.15, 0.2) is 48.5 Å². The van der Waals surface area contributed by atoms with Gasteiger partial charge in [0.1, 0.15) is 11.8 Å². The SMILES string of the molecule is COCCC(=O)N1CCC[C@@H]1C(=O)Nc1ccccc1-c1ccc(OC)cc1. The fourth-order valence-electron chi connectivity index (χ4n) is 3.50. The average molecular weight is 382 g/mol. The Morgan fingerprint density at radius 2 is 1.86 bits per heavy atom. The molecule has 1 N–H and O–H groups in total. The zero-order chi connectivity index (χ0) is 19.9. The number of likely N-dealkylation sites (tertiary alicyclic amines) is 1. The summed E-state index contributed by atoms with van der Waals surface area (Å²) >= 11 is 0. The number of amides is 2. The highest BCUT2D eigenvalue weighted by atomic mass is 16.5. The van der Waals surface area contributed by atoms with Crippen LogP contribution in [0.3, 0.4) is 0 Å². The minimum atomic E-state index is -0.437. The van der Waals surface area contributed by atoms with E-state index in [1.165, 1.54) is 0 Å². The molecule has 2 amide bonds. The molecular formula is C22H26N2O4. The van der Waals surface area contributed by atoms with E-state index in [1.807, 2.05) is 48.5 Å². The van der Waals surface area contributed by atoms with Crippen LogP contribution in [0, 0.1) is 0 Å². The van der Waals surface area contributed by atoms with Crippen molar-refractivity contribution in [2.75, 3.05) is 32.7 Å². The third-order valence-corrected chi connectivity index (χ3v) is 4.98. The highest BCUT2D eigenvalue weighted by Gasteiger charge is 2.33. The zero-order valence-electron chi connectivity index (χ0n) is 16.3. The van der Waals surface area contributed by atoms with Crippen LogP contribution in [0.1, 0.15) is 19.3 Å². The molecule has 1 atom stereocenters. The standard InChI is InChI=1S/C22H26N2O4/c1-27-15-13-21(25)24-14-5-8-20(24)22(26)23-19-7-4-3-6-18(19)16-9-11-17(28-2)12-10-16/h3-4,6-7,9-12,20H,5,8,13-15H2,1-2H3,(H,23,26)/t20-/m1/s1. The van der Waals surface area contributed by atoms with Crippen molar-refractivity contribution in [1.29, 1.82) is 0 Å². The first-order valence-electron chi connectivity index (χ1n) is 9.46. The van der Waals surface area contributed by atoms with Gasteiger partial charge < -0.3 is 19.7 Å². The smallest absolute Gasteiger partial charge is 0.247 e. The Bertz CT molecular complexity index is 820. The molecule has 1 fully saturated rings. The van der Waals surface area contributed by atoms with E-state index in [9.17, 15) is 9.59 Å². The van der Waals surface area contributed by atoms with E-state index < -0.39 is 6.04 Å². The Labute approximate surface area is 165 Å². The minimum absolute atomic E-state index is 0.0389. The molecule has 6 heteroatoms. The van der Waals surface area contributed by atoms with E-state index in [-0.39, 0.29) is 11.8 Å². The van der Waals surface area contributed by atoms with Crippen molar-refractivity contribution in [3.8, 4) is 16.9 Å². The predicted molar refractivity (Wildman–Crippen MR) is 108 cm³/mol. The maximum Gasteiger partial charge on any atom is 0.247 e. The summed E-state index contributed by atoms with van der Waals surface area (Å²) in [6.07, 6.45) is 1.80. The second-order valence-corrected chi connectivity index (χ2v) is 6.75. The van der Waals surface area contributed by atoms with Crippen molar-refractivity contribution in [3.63, 3.8) is 0 Å². The number of methoxy groups -OCH3 is 2. The number of hydrogen-bond donors (Lipinski definition) is 1. The number of carbonyl (C=O) groups is 2. The van der Waals surface area contributed by atoms with Gasteiger partial charge in [-0.1, -0.05) is 30.3 Å². The third-order valence-electron chi connectivity index (χ3n) is 4.98. The summed E-state index contributed by atoms with van der Waals surface area (Å²) in [5, 5.41) is 3.03. The number of nitrogens with zero attached hydrogens (tertiary/aromatic N) is 1. The van der Waals surface area contributed by atoms with Gasteiger partial charge in [0, 0.05) is 24.9 Å². The van der Waals surface area contributed by atoms with Gasteiger partial charge in [-0.15, -0.1) is 0 Å². The molecule has 1 heterocycles. The van der Waals surface area contributed by atoms with Gasteiger partial charge in [0.05, 0.1) is 20.1 Å². The number of rotatable bonds is 7. The molecule has 1 saturated heterocycles. The van der Waals surface area contributed by atoms with Crippen LogP contribution in [-0.4, -0.2) is 50.1 Å². The van der Waals surface area contributed by atoms with Crippen molar-refractivity contribution in [3.05, 3.63) is 48.5 Å². The maximum absolute atomic E-state index is 12.9. The largest absolute Gasteiger partial charge is 0.497 e. The van der Waals surface area contributed by atoms with Gasteiger partial charge in [-0.25, -0.2) is 0 Å². The number of para-hydroxylation sites is 1. The topological polar surface area (TPSA) is 67.9 Å².